The van der Waals surface area contributed by atoms with Crippen molar-refractivity contribution >= 4 is 40.8 Å². The number of aromatic amines is 1. The quantitative estimate of drug-likeness (QED) is 0.421. The maximum atomic E-state index is 14.7. The molecule has 1 aliphatic heterocycles. The summed E-state index contributed by atoms with van der Waals surface area (Å²) >= 11 is 6.03. The summed E-state index contributed by atoms with van der Waals surface area (Å²) in [7, 11) is 0. The zero-order valence-electron chi connectivity index (χ0n) is 17.1. The monoisotopic (exact) mass is 457 g/mol. The van der Waals surface area contributed by atoms with Crippen LogP contribution in [0.15, 0.2) is 54.7 Å². The number of benzene rings is 2. The zero-order valence-corrected chi connectivity index (χ0v) is 17.8. The number of carbonyl (C=O) groups is 1. The third kappa shape index (κ3) is 4.57. The maximum Gasteiger partial charge on any atom is 0.449 e. The minimum absolute atomic E-state index is 0.00251. The smallest absolute Gasteiger partial charge is 0.449 e. The number of aliphatic hydroxyl groups is 1. The van der Waals surface area contributed by atoms with Gasteiger partial charge in [-0.2, -0.15) is 5.32 Å². The number of nitrogens with zero attached hydrogens (tertiary/aromatic N) is 1. The van der Waals surface area contributed by atoms with Crippen molar-refractivity contribution in [3.63, 3.8) is 0 Å². The zero-order chi connectivity index (χ0) is 22.7. The predicted octanol–water partition coefficient (Wildman–Crippen LogP) is 4.60. The van der Waals surface area contributed by atoms with E-state index in [1.807, 2.05) is 6.92 Å². The van der Waals surface area contributed by atoms with Gasteiger partial charge < -0.3 is 20.5 Å². The molecule has 1 aliphatic rings. The second-order valence-corrected chi connectivity index (χ2v) is 7.37. The van der Waals surface area contributed by atoms with E-state index >= 15 is 0 Å². The normalized spacial score (nSPS) is 12.6. The van der Waals surface area contributed by atoms with Crippen molar-refractivity contribution in [2.24, 2.45) is 0 Å². The molecule has 2 heterocycles. The Kier molecular flexibility index (Phi) is 6.09. The minimum atomic E-state index is -0.646. The second-order valence-electron chi connectivity index (χ2n) is 6.96. The van der Waals surface area contributed by atoms with Gasteiger partial charge >= 0.3 is 12.1 Å². The molecule has 0 aliphatic carbocycles. The molecule has 0 spiro atoms. The second kappa shape index (κ2) is 9.11. The number of H-pyrrole nitrogens is 1. The van der Waals surface area contributed by atoms with Gasteiger partial charge in [0.2, 0.25) is 0 Å². The molecule has 0 unspecified atom stereocenters. The van der Waals surface area contributed by atoms with Crippen LogP contribution in [0.25, 0.3) is 0 Å². The van der Waals surface area contributed by atoms with E-state index in [1.54, 1.807) is 41.1 Å². The summed E-state index contributed by atoms with van der Waals surface area (Å²) in [4.78, 5) is 15.2. The van der Waals surface area contributed by atoms with Crippen molar-refractivity contribution in [2.75, 3.05) is 22.5 Å². The van der Waals surface area contributed by atoms with E-state index < -0.39 is 11.8 Å². The Bertz CT molecular complexity index is 1220. The van der Waals surface area contributed by atoms with Crippen molar-refractivity contribution in [2.45, 2.75) is 13.5 Å². The van der Waals surface area contributed by atoms with E-state index in [9.17, 15) is 14.3 Å². The number of hydrogen-bond acceptors (Lipinski definition) is 3. The molecule has 0 fully saturated rings. The summed E-state index contributed by atoms with van der Waals surface area (Å²) in [5.41, 5.74) is 1.44. The Morgan fingerprint density at radius 2 is 2.06 bits per heavy atom. The summed E-state index contributed by atoms with van der Waals surface area (Å²) in [5.74, 6) is 0.359. The van der Waals surface area contributed by atoms with Crippen molar-refractivity contribution in [1.29, 1.82) is 0 Å². The number of fused-ring (bicyclic) bond motifs is 1. The van der Waals surface area contributed by atoms with Crippen LogP contribution in [0.5, 0.6) is 11.5 Å². The Labute approximate surface area is 188 Å². The number of urea groups is 1. The van der Waals surface area contributed by atoms with Gasteiger partial charge in [0.1, 0.15) is 17.9 Å². The van der Waals surface area contributed by atoms with Crippen LogP contribution in [0.4, 0.5) is 26.4 Å². The first-order valence-electron chi connectivity index (χ1n) is 9.86. The van der Waals surface area contributed by atoms with Crippen LogP contribution < -0.4 is 25.7 Å². The third-order valence-electron chi connectivity index (χ3n) is 4.86. The third-order valence-corrected chi connectivity index (χ3v) is 5.19. The molecule has 1 aromatic heterocycles. The SMILES string of the molecule is CC[N+]1=C(O)Nc2[nH+]ccc(Oc3ccc(NC(=O)Nc4ccccc4Cl)cc3F)c2C1. The van der Waals surface area contributed by atoms with Crippen LogP contribution >= 0.6 is 11.6 Å². The van der Waals surface area contributed by atoms with Crippen molar-refractivity contribution in [1.82, 2.24) is 0 Å². The number of aliphatic hydroxyl groups excluding tert-OH is 1. The van der Waals surface area contributed by atoms with E-state index in [1.165, 1.54) is 18.2 Å². The standard InChI is InChI=1S/C22H19ClFN5O3/c1-2-29-12-14-18(9-10-25-20(14)28-22(29)31)32-19-8-7-13(11-16(19)24)26-21(30)27-17-6-4-3-5-15(17)23/h3-11H,2,12H2,1H3,(H3,25,26,27,28,30,31)/p+2. The number of aromatic nitrogens is 1. The number of halogens is 2. The van der Waals surface area contributed by atoms with Crippen LogP contribution in [0.1, 0.15) is 12.5 Å². The fourth-order valence-corrected chi connectivity index (χ4v) is 3.40. The number of para-hydroxylation sites is 1. The fourth-order valence-electron chi connectivity index (χ4n) is 3.22. The Morgan fingerprint density at radius 3 is 2.81 bits per heavy atom. The van der Waals surface area contributed by atoms with E-state index in [0.29, 0.717) is 35.4 Å². The molecular weight excluding hydrogens is 437 g/mol. The van der Waals surface area contributed by atoms with Crippen LogP contribution in [0.3, 0.4) is 0 Å². The number of pyridine rings is 1. The summed E-state index contributed by atoms with van der Waals surface area (Å²) < 4.78 is 22.2. The highest BCUT2D eigenvalue weighted by Crippen LogP contribution is 2.32. The fraction of sp³-hybridized carbons (Fsp3) is 0.136. The summed E-state index contributed by atoms with van der Waals surface area (Å²) in [5, 5.41) is 18.4. The van der Waals surface area contributed by atoms with Gasteiger partial charge in [-0.05, 0) is 31.2 Å². The molecule has 8 nitrogen and oxygen atoms in total. The molecule has 3 aromatic rings. The lowest BCUT2D eigenvalue weighted by Gasteiger charge is -2.17. The van der Waals surface area contributed by atoms with E-state index in [-0.39, 0.29) is 17.5 Å². The number of rotatable bonds is 5. The highest BCUT2D eigenvalue weighted by Gasteiger charge is 2.29. The molecule has 164 valence electrons. The first-order chi connectivity index (χ1) is 15.4. The lowest BCUT2D eigenvalue weighted by atomic mass is 10.2. The molecule has 5 N–H and O–H groups in total. The number of ether oxygens (including phenoxy) is 1. The van der Waals surface area contributed by atoms with Crippen molar-refractivity contribution in [3.05, 3.63) is 71.1 Å². The van der Waals surface area contributed by atoms with Gasteiger partial charge in [0.25, 0.3) is 5.82 Å². The molecule has 0 saturated carbocycles. The molecule has 0 atom stereocenters. The minimum Gasteiger partial charge on any atom is -0.453 e. The maximum absolute atomic E-state index is 14.7. The molecule has 0 radical (unpaired) electrons. The molecule has 10 heteroatoms. The molecule has 0 bridgehead atoms. The van der Waals surface area contributed by atoms with Crippen LogP contribution in [-0.2, 0) is 6.54 Å². The average molecular weight is 458 g/mol. The van der Waals surface area contributed by atoms with E-state index in [2.05, 4.69) is 20.9 Å². The number of hydrogen-bond donors (Lipinski definition) is 4. The van der Waals surface area contributed by atoms with E-state index in [4.69, 9.17) is 16.3 Å². The largest absolute Gasteiger partial charge is 0.453 e. The summed E-state index contributed by atoms with van der Waals surface area (Å²) in [6.45, 7) is 2.88. The Hall–Kier alpha value is -3.85. The number of carbonyl (C=O) groups excluding carboxylic acids is 1. The highest BCUT2D eigenvalue weighted by molar-refractivity contribution is 6.33. The highest BCUT2D eigenvalue weighted by atomic mass is 35.5. The van der Waals surface area contributed by atoms with Crippen molar-refractivity contribution < 1.29 is 28.6 Å². The van der Waals surface area contributed by atoms with Gasteiger partial charge in [-0.1, -0.05) is 23.7 Å². The summed E-state index contributed by atoms with van der Waals surface area (Å²) in [6.07, 6.45) is 1.63. The lowest BCUT2D eigenvalue weighted by molar-refractivity contribution is -0.551. The molecule has 2 aromatic carbocycles. The van der Waals surface area contributed by atoms with Gasteiger partial charge in [-0.3, -0.25) is 0 Å². The lowest BCUT2D eigenvalue weighted by Crippen LogP contribution is -2.35. The van der Waals surface area contributed by atoms with Crippen LogP contribution in [-0.4, -0.2) is 28.3 Å². The molecule has 4 rings (SSSR count). The van der Waals surface area contributed by atoms with Gasteiger partial charge in [-0.25, -0.2) is 18.7 Å². The number of nitrogens with one attached hydrogen (secondary N) is 4. The van der Waals surface area contributed by atoms with Gasteiger partial charge in [-0.15, -0.1) is 0 Å². The van der Waals surface area contributed by atoms with Crippen LogP contribution in [0, 0.1) is 5.82 Å². The van der Waals surface area contributed by atoms with Crippen molar-refractivity contribution in [3.8, 4) is 11.5 Å². The first-order valence-corrected chi connectivity index (χ1v) is 10.2. The average Bonchev–Trinajstić information content (AvgIpc) is 2.77. The Morgan fingerprint density at radius 1 is 1.25 bits per heavy atom. The van der Waals surface area contributed by atoms with Gasteiger partial charge in [0.15, 0.2) is 11.6 Å². The van der Waals surface area contributed by atoms with Gasteiger partial charge in [0.05, 0.1) is 23.5 Å². The first kappa shape index (κ1) is 21.4. The van der Waals surface area contributed by atoms with Crippen LogP contribution in [0.2, 0.25) is 5.02 Å². The summed E-state index contributed by atoms with van der Waals surface area (Å²) in [6, 6.07) is 12.1. The number of amidine groups is 1. The Balaban J connectivity index is 1.48. The number of amides is 2. The van der Waals surface area contributed by atoms with E-state index in [0.717, 1.165) is 5.56 Å². The number of anilines is 3. The molecule has 0 saturated heterocycles. The predicted molar refractivity (Wildman–Crippen MR) is 119 cm³/mol. The molecule has 32 heavy (non-hydrogen) atoms. The topological polar surface area (TPSA) is 99.8 Å². The molecular formula is C22H21ClFN5O3+2. The van der Waals surface area contributed by atoms with Gasteiger partial charge in [0, 0.05) is 17.8 Å². The molecule has 2 amide bonds.